The number of terminal acetylenes is 1. The molecule has 2 aliphatic heterocycles. The minimum atomic E-state index is -3.05. The Balaban J connectivity index is 1.14. The van der Waals surface area contributed by atoms with Gasteiger partial charge in [-0.05, 0) is 25.0 Å². The minimum Gasteiger partial charge on any atom is -0.481 e. The van der Waals surface area contributed by atoms with Gasteiger partial charge >= 0.3 is 0 Å². The highest BCUT2D eigenvalue weighted by Gasteiger charge is 2.41. The van der Waals surface area contributed by atoms with E-state index in [-0.39, 0.29) is 24.7 Å². The van der Waals surface area contributed by atoms with Crippen molar-refractivity contribution in [1.29, 1.82) is 0 Å². The fourth-order valence-corrected chi connectivity index (χ4v) is 6.10. The lowest BCUT2D eigenvalue weighted by atomic mass is 9.88. The van der Waals surface area contributed by atoms with E-state index < -0.39 is 60.7 Å². The lowest BCUT2D eigenvalue weighted by Crippen LogP contribution is -2.40. The third-order valence-corrected chi connectivity index (χ3v) is 8.26. The van der Waals surface area contributed by atoms with E-state index >= 15 is 0 Å². The summed E-state index contributed by atoms with van der Waals surface area (Å²) in [5.74, 6) is -0.152. The molecule has 0 bridgehead atoms. The maximum Gasteiger partial charge on any atom is 0.282 e. The number of allylic oxidation sites excluding steroid dienone is 2. The average molecular weight is 614 g/mol. The molecule has 0 spiro atoms. The zero-order valence-electron chi connectivity index (χ0n) is 21.9. The third-order valence-electron chi connectivity index (χ3n) is 7.26. The number of ether oxygens (including phenoxy) is 1. The Labute approximate surface area is 240 Å². The fraction of sp³-hybridized carbons (Fsp3) is 0.481. The quantitative estimate of drug-likeness (QED) is 0.277. The number of aromatic nitrogens is 3. The van der Waals surface area contributed by atoms with Gasteiger partial charge in [0.2, 0.25) is 5.91 Å². The van der Waals surface area contributed by atoms with E-state index in [1.807, 2.05) is 0 Å². The van der Waals surface area contributed by atoms with Gasteiger partial charge < -0.3 is 14.5 Å². The molecule has 4 heterocycles. The van der Waals surface area contributed by atoms with E-state index in [1.165, 1.54) is 16.2 Å². The molecule has 1 amide bonds. The van der Waals surface area contributed by atoms with Gasteiger partial charge in [0.25, 0.3) is 12.9 Å². The lowest BCUT2D eigenvalue weighted by molar-refractivity contribution is -0.133. The molecule has 1 fully saturated rings. The Kier molecular flexibility index (Phi) is 8.91. The Morgan fingerprint density at radius 2 is 2.00 bits per heavy atom. The number of alkyl halides is 5. The first kappa shape index (κ1) is 29.7. The van der Waals surface area contributed by atoms with Gasteiger partial charge in [0.05, 0.1) is 16.6 Å². The van der Waals surface area contributed by atoms with Crippen molar-refractivity contribution in [2.24, 2.45) is 11.1 Å². The second-order valence-corrected chi connectivity index (χ2v) is 10.8. The molecular formula is C27H25F6N5O3S. The van der Waals surface area contributed by atoms with Gasteiger partial charge in [0, 0.05) is 36.9 Å². The van der Waals surface area contributed by atoms with Gasteiger partial charge in [-0.2, -0.15) is 5.10 Å². The molecule has 224 valence electrons. The first-order chi connectivity index (χ1) is 20.1. The molecule has 1 aliphatic carbocycles. The fourth-order valence-electron chi connectivity index (χ4n) is 5.10. The number of thiazole rings is 1. The number of amides is 1. The van der Waals surface area contributed by atoms with Crippen molar-refractivity contribution < 1.29 is 40.7 Å². The largest absolute Gasteiger partial charge is 0.481 e. The SMILES string of the molecule is C#CCOC1=CC(F)C(C2CC(c3csc(C4CCN(C(=O)Cn5nc(C(F)F)cc5C(F)F)CC4)n3)=NO2)C(F)=C1. The lowest BCUT2D eigenvalue weighted by Gasteiger charge is -2.31. The summed E-state index contributed by atoms with van der Waals surface area (Å²) in [5, 5.41) is 10.1. The number of oxime groups is 1. The molecular weight excluding hydrogens is 588 g/mol. The molecule has 2 aromatic heterocycles. The Morgan fingerprint density at radius 3 is 2.67 bits per heavy atom. The van der Waals surface area contributed by atoms with E-state index in [9.17, 15) is 31.1 Å². The van der Waals surface area contributed by atoms with Gasteiger partial charge in [-0.3, -0.25) is 9.48 Å². The molecule has 3 aliphatic rings. The molecule has 8 nitrogen and oxygen atoms in total. The number of carbonyl (C=O) groups is 1. The van der Waals surface area contributed by atoms with Crippen LogP contribution >= 0.6 is 11.3 Å². The van der Waals surface area contributed by atoms with Crippen LogP contribution < -0.4 is 0 Å². The van der Waals surface area contributed by atoms with Crippen molar-refractivity contribution in [2.75, 3.05) is 19.7 Å². The molecule has 2 aromatic rings. The normalized spacial score (nSPS) is 23.0. The molecule has 3 atom stereocenters. The van der Waals surface area contributed by atoms with E-state index in [4.69, 9.17) is 16.0 Å². The highest BCUT2D eigenvalue weighted by Crippen LogP contribution is 2.37. The number of likely N-dealkylation sites (tertiary alicyclic amines) is 1. The van der Waals surface area contributed by atoms with E-state index in [0.29, 0.717) is 48.1 Å². The number of halogens is 6. The molecule has 0 N–H and O–H groups in total. The predicted molar refractivity (Wildman–Crippen MR) is 139 cm³/mol. The van der Waals surface area contributed by atoms with Gasteiger partial charge in [-0.1, -0.05) is 11.1 Å². The predicted octanol–water partition coefficient (Wildman–Crippen LogP) is 5.47. The van der Waals surface area contributed by atoms with Crippen LogP contribution in [0.4, 0.5) is 26.3 Å². The summed E-state index contributed by atoms with van der Waals surface area (Å²) in [5.41, 5.74) is -0.537. The average Bonchev–Trinajstić information content (AvgIpc) is 3.72. The van der Waals surface area contributed by atoms with Crippen molar-refractivity contribution in [2.45, 2.75) is 56.9 Å². The first-order valence-corrected chi connectivity index (χ1v) is 13.9. The number of carbonyl (C=O) groups excluding carboxylic acids is 1. The molecule has 5 rings (SSSR count). The molecule has 3 unspecified atom stereocenters. The van der Waals surface area contributed by atoms with Crippen molar-refractivity contribution in [3.05, 3.63) is 57.3 Å². The molecule has 0 aromatic carbocycles. The molecule has 0 saturated carbocycles. The van der Waals surface area contributed by atoms with Gasteiger partial charge in [-0.15, -0.1) is 17.8 Å². The molecule has 15 heteroatoms. The van der Waals surface area contributed by atoms with Crippen molar-refractivity contribution in [1.82, 2.24) is 19.7 Å². The van der Waals surface area contributed by atoms with Crippen LogP contribution in [0.3, 0.4) is 0 Å². The number of piperidine rings is 1. The maximum atomic E-state index is 14.8. The summed E-state index contributed by atoms with van der Waals surface area (Å²) in [6, 6.07) is 0.611. The van der Waals surface area contributed by atoms with Gasteiger partial charge in [-0.25, -0.2) is 31.3 Å². The van der Waals surface area contributed by atoms with Crippen LogP contribution in [-0.2, 0) is 20.9 Å². The van der Waals surface area contributed by atoms with E-state index in [1.54, 1.807) is 5.38 Å². The highest BCUT2D eigenvalue weighted by atomic mass is 32.1. The van der Waals surface area contributed by atoms with Crippen molar-refractivity contribution in [3.63, 3.8) is 0 Å². The monoisotopic (exact) mass is 613 g/mol. The standard InChI is InChI=1S/C27H25F6N5O3S/c1-2-7-40-15-8-16(28)24(17(29)9-15)22-11-18(36-41-22)20-13-42-27(34-20)14-3-5-37(6-4-14)23(39)12-38-21(26(32)33)10-19(35-38)25(30)31/h1,8-10,13-14,16,22,24-26H,3-7,11-12H2. The second-order valence-electron chi connectivity index (χ2n) is 9.93. The van der Waals surface area contributed by atoms with E-state index in [0.717, 1.165) is 17.2 Å². The molecule has 0 radical (unpaired) electrons. The zero-order valence-corrected chi connectivity index (χ0v) is 22.8. The first-order valence-electron chi connectivity index (χ1n) is 13.0. The third kappa shape index (κ3) is 6.33. The van der Waals surface area contributed by atoms with E-state index in [2.05, 4.69) is 21.2 Å². The minimum absolute atomic E-state index is 0.0128. The Hall–Kier alpha value is -3.80. The summed E-state index contributed by atoms with van der Waals surface area (Å²) < 4.78 is 87.6. The summed E-state index contributed by atoms with van der Waals surface area (Å²) in [7, 11) is 0. The van der Waals surface area contributed by atoms with Crippen LogP contribution in [0, 0.1) is 18.3 Å². The van der Waals surface area contributed by atoms with Gasteiger partial charge in [0.1, 0.15) is 54.1 Å². The maximum absolute atomic E-state index is 14.8. The Morgan fingerprint density at radius 1 is 1.24 bits per heavy atom. The topological polar surface area (TPSA) is 81.8 Å². The van der Waals surface area contributed by atoms with Gasteiger partial charge in [0.15, 0.2) is 0 Å². The Bertz CT molecular complexity index is 1440. The number of nitrogens with zero attached hydrogens (tertiary/aromatic N) is 5. The zero-order chi connectivity index (χ0) is 30.0. The smallest absolute Gasteiger partial charge is 0.282 e. The second kappa shape index (κ2) is 12.6. The highest BCUT2D eigenvalue weighted by molar-refractivity contribution is 7.10. The summed E-state index contributed by atoms with van der Waals surface area (Å²) in [4.78, 5) is 24.3. The van der Waals surface area contributed by atoms with Crippen LogP contribution in [0.25, 0.3) is 0 Å². The molecule has 42 heavy (non-hydrogen) atoms. The number of hydrogen-bond donors (Lipinski definition) is 0. The van der Waals surface area contributed by atoms with Crippen LogP contribution in [0.5, 0.6) is 0 Å². The van der Waals surface area contributed by atoms with Crippen LogP contribution in [0.2, 0.25) is 0 Å². The van der Waals surface area contributed by atoms with Crippen LogP contribution in [-0.4, -0.2) is 63.3 Å². The summed E-state index contributed by atoms with van der Waals surface area (Å²) >= 11 is 1.39. The summed E-state index contributed by atoms with van der Waals surface area (Å²) in [6.45, 7) is -0.0308. The number of hydrogen-bond acceptors (Lipinski definition) is 7. The number of rotatable bonds is 9. The van der Waals surface area contributed by atoms with Crippen LogP contribution in [0.1, 0.15) is 60.1 Å². The summed E-state index contributed by atoms with van der Waals surface area (Å²) in [6.07, 6.45) is -0.0328. The van der Waals surface area contributed by atoms with Crippen molar-refractivity contribution in [3.8, 4) is 12.3 Å². The van der Waals surface area contributed by atoms with Crippen molar-refractivity contribution >= 4 is 23.0 Å². The molecule has 1 saturated heterocycles. The van der Waals surface area contributed by atoms with Crippen LogP contribution in [0.15, 0.2) is 40.3 Å².